The van der Waals surface area contributed by atoms with Crippen molar-refractivity contribution in [3.63, 3.8) is 0 Å². The third-order valence-electron chi connectivity index (χ3n) is 4.08. The van der Waals surface area contributed by atoms with Gasteiger partial charge < -0.3 is 4.74 Å². The minimum absolute atomic E-state index is 0. The molecule has 29 heavy (non-hydrogen) atoms. The van der Waals surface area contributed by atoms with Crippen molar-refractivity contribution in [2.24, 2.45) is 0 Å². The van der Waals surface area contributed by atoms with Crippen LogP contribution in [0.1, 0.15) is 22.0 Å². The number of hydrogen-bond donors (Lipinski definition) is 0. The van der Waals surface area contributed by atoms with Crippen LogP contribution in [0.15, 0.2) is 60.7 Å². The Morgan fingerprint density at radius 3 is 1.66 bits per heavy atom. The zero-order valence-electron chi connectivity index (χ0n) is 15.6. The first-order valence-corrected chi connectivity index (χ1v) is 8.99. The van der Waals surface area contributed by atoms with E-state index < -0.39 is 12.1 Å². The Labute approximate surface area is 184 Å². The van der Waals surface area contributed by atoms with Gasteiger partial charge in [-0.15, -0.1) is 0 Å². The molecule has 2 fully saturated rings. The van der Waals surface area contributed by atoms with Gasteiger partial charge in [0.15, 0.2) is 11.9 Å². The number of ketones is 1. The summed E-state index contributed by atoms with van der Waals surface area (Å²) in [7, 11) is 0. The van der Waals surface area contributed by atoms with Crippen LogP contribution in [0.25, 0.3) is 0 Å². The summed E-state index contributed by atoms with van der Waals surface area (Å²) in [6, 6.07) is 17.7. The van der Waals surface area contributed by atoms with Crippen molar-refractivity contribution >= 4 is 11.8 Å². The molecule has 2 aromatic carbocycles. The van der Waals surface area contributed by atoms with Crippen LogP contribution < -0.4 is 0 Å². The van der Waals surface area contributed by atoms with Crippen molar-refractivity contribution in [1.82, 2.24) is 0 Å². The third-order valence-corrected chi connectivity index (χ3v) is 4.08. The number of carbonyl (C=O) groups is 2. The summed E-state index contributed by atoms with van der Waals surface area (Å²) in [5, 5.41) is 0. The summed E-state index contributed by atoms with van der Waals surface area (Å²) in [6.45, 7) is 0. The number of esters is 1. The number of ether oxygens (including phenoxy) is 1. The number of hydrogen-bond acceptors (Lipinski definition) is 3. The summed E-state index contributed by atoms with van der Waals surface area (Å²) < 4.78 is 5.52. The average molecular weight is 424 g/mol. The molecule has 144 valence electrons. The van der Waals surface area contributed by atoms with Crippen LogP contribution in [0.2, 0.25) is 0 Å². The van der Waals surface area contributed by atoms with Gasteiger partial charge >= 0.3 is 23.0 Å². The van der Waals surface area contributed by atoms with Crippen molar-refractivity contribution in [3.05, 3.63) is 135 Å². The van der Waals surface area contributed by atoms with E-state index in [0.717, 1.165) is 0 Å². The quantitative estimate of drug-likeness (QED) is 0.522. The van der Waals surface area contributed by atoms with Crippen LogP contribution in [0.3, 0.4) is 0 Å². The Kier molecular flexibility index (Phi) is 10.2. The normalized spacial score (nSPS) is 16.8. The smallest absolute Gasteiger partial charge is 0.446 e. The van der Waals surface area contributed by atoms with Crippen molar-refractivity contribution in [3.8, 4) is 0 Å². The Hall–Kier alpha value is -1.90. The van der Waals surface area contributed by atoms with E-state index in [4.69, 9.17) is 4.74 Å². The van der Waals surface area contributed by atoms with Crippen LogP contribution in [0.5, 0.6) is 0 Å². The molecule has 1 unspecified atom stereocenters. The van der Waals surface area contributed by atoms with Gasteiger partial charge in [-0.1, -0.05) is 48.5 Å². The first kappa shape index (κ1) is 23.4. The van der Waals surface area contributed by atoms with E-state index in [1.54, 1.807) is 62.1 Å². The molecule has 4 heteroatoms. The van der Waals surface area contributed by atoms with Gasteiger partial charge in [0.1, 0.15) is 0 Å². The van der Waals surface area contributed by atoms with E-state index in [2.05, 4.69) is 0 Å². The molecule has 2 saturated carbocycles. The first-order chi connectivity index (χ1) is 13.8. The Bertz CT molecular complexity index is 728. The van der Waals surface area contributed by atoms with Crippen molar-refractivity contribution in [2.45, 2.75) is 6.10 Å². The summed E-state index contributed by atoms with van der Waals surface area (Å²) in [6.07, 6.45) is 16.1. The molecule has 0 heterocycles. The maximum atomic E-state index is 12.7. The van der Waals surface area contributed by atoms with E-state index >= 15 is 0 Å². The second-order valence-corrected chi connectivity index (χ2v) is 6.06. The molecule has 1 atom stereocenters. The minimum atomic E-state index is -0.952. The largest absolute Gasteiger partial charge is 2.00 e. The fourth-order valence-electron chi connectivity index (χ4n) is 2.66. The predicted molar refractivity (Wildman–Crippen MR) is 108 cm³/mol. The molecule has 2 aliphatic carbocycles. The molecular weight excluding hydrogens is 404 g/mol. The molecule has 2 aromatic rings. The maximum absolute atomic E-state index is 12.7. The predicted octanol–water partition coefficient (Wildman–Crippen LogP) is 4.58. The van der Waals surface area contributed by atoms with E-state index in [1.165, 1.54) is 0 Å². The molecule has 4 rings (SSSR count). The Morgan fingerprint density at radius 1 is 0.655 bits per heavy atom. The van der Waals surface area contributed by atoms with Gasteiger partial charge in [0, 0.05) is 5.56 Å². The summed E-state index contributed by atoms with van der Waals surface area (Å²) in [5.74, 6) is -0.218. The van der Waals surface area contributed by atoms with Gasteiger partial charge in [0.05, 0.1) is 11.5 Å². The number of carbonyl (C=O) groups excluding carboxylic acids is 2. The fourth-order valence-corrected chi connectivity index (χ4v) is 2.66. The molecule has 0 saturated heterocycles. The van der Waals surface area contributed by atoms with Crippen molar-refractivity contribution in [2.75, 3.05) is 0 Å². The molecule has 0 aliphatic heterocycles. The maximum Gasteiger partial charge on any atom is 2.00 e. The SMILES string of the molecule is O=C(OC(C(=O)[C]1[CH][CH][CH][CH]1)c1ccccc1)c1ccccc1.[CH]1[CH][CH][CH][CH]1.[Fe+2]. The van der Waals surface area contributed by atoms with Gasteiger partial charge in [-0.05, 0) is 69.9 Å². The van der Waals surface area contributed by atoms with E-state index in [9.17, 15) is 9.59 Å². The van der Waals surface area contributed by atoms with Crippen LogP contribution in [0.4, 0.5) is 0 Å². The van der Waals surface area contributed by atoms with Gasteiger partial charge in [-0.3, -0.25) is 4.79 Å². The molecule has 0 bridgehead atoms. The summed E-state index contributed by atoms with van der Waals surface area (Å²) >= 11 is 0. The average Bonchev–Trinajstić information content (AvgIpc) is 3.49. The molecule has 0 amide bonds. The zero-order chi connectivity index (χ0) is 19.6. The van der Waals surface area contributed by atoms with E-state index in [0.29, 0.717) is 17.0 Å². The molecule has 2 aliphatic rings. The van der Waals surface area contributed by atoms with Crippen LogP contribution in [-0.4, -0.2) is 11.8 Å². The van der Waals surface area contributed by atoms with Crippen LogP contribution in [0, 0.1) is 63.7 Å². The molecule has 0 N–H and O–H groups in total. The monoisotopic (exact) mass is 424 g/mol. The molecule has 10 radical (unpaired) electrons. The van der Waals surface area contributed by atoms with Crippen LogP contribution in [-0.2, 0) is 26.6 Å². The molecule has 0 spiro atoms. The Balaban J connectivity index is 0.000000437. The van der Waals surface area contributed by atoms with Crippen LogP contribution >= 0.6 is 0 Å². The molecule has 3 nitrogen and oxygen atoms in total. The standard InChI is InChI=1S/C20H15O3.C5H5.Fe/c21-18(15-9-7-8-10-15)19(16-11-3-1-4-12-16)23-20(22)17-13-5-2-6-14-17;1-2-4-5-3-1;/h1-14,19H;1-5H;/q;;+2. The first-order valence-electron chi connectivity index (χ1n) is 8.99. The van der Waals surface area contributed by atoms with Gasteiger partial charge in [-0.2, -0.15) is 0 Å². The van der Waals surface area contributed by atoms with Gasteiger partial charge in [-0.25, -0.2) is 4.79 Å². The number of benzene rings is 2. The number of Topliss-reactive ketones (excluding diaryl/α,β-unsaturated/α-hetero) is 1. The van der Waals surface area contributed by atoms with Crippen molar-refractivity contribution in [1.29, 1.82) is 0 Å². The molecule has 0 aromatic heterocycles. The summed E-state index contributed by atoms with van der Waals surface area (Å²) in [5.41, 5.74) is 1.08. The van der Waals surface area contributed by atoms with Crippen molar-refractivity contribution < 1.29 is 31.4 Å². The van der Waals surface area contributed by atoms with Gasteiger partial charge in [0.25, 0.3) is 0 Å². The third kappa shape index (κ3) is 7.13. The minimum Gasteiger partial charge on any atom is -0.446 e. The second kappa shape index (κ2) is 12.6. The fraction of sp³-hybridized carbons (Fsp3) is 0.0400. The topological polar surface area (TPSA) is 43.4 Å². The zero-order valence-corrected chi connectivity index (χ0v) is 16.7. The Morgan fingerprint density at radius 2 is 1.14 bits per heavy atom. The van der Waals surface area contributed by atoms with Gasteiger partial charge in [0.2, 0.25) is 0 Å². The second-order valence-electron chi connectivity index (χ2n) is 6.06. The summed E-state index contributed by atoms with van der Waals surface area (Å²) in [4.78, 5) is 25.0. The number of rotatable bonds is 5. The molecular formula is C25H20FeO3+2. The van der Waals surface area contributed by atoms with E-state index in [1.807, 2.05) is 56.4 Å². The van der Waals surface area contributed by atoms with E-state index in [-0.39, 0.29) is 22.9 Å².